The van der Waals surface area contributed by atoms with Crippen LogP contribution in [0, 0.1) is 11.3 Å². The van der Waals surface area contributed by atoms with Gasteiger partial charge in [0, 0.05) is 10.9 Å². The van der Waals surface area contributed by atoms with E-state index in [-0.39, 0.29) is 27.0 Å². The van der Waals surface area contributed by atoms with Crippen LogP contribution in [0.5, 0.6) is 5.75 Å². The molecular weight excluding hydrogens is 510 g/mol. The van der Waals surface area contributed by atoms with Crippen LogP contribution in [0.1, 0.15) is 27.2 Å². The highest BCUT2D eigenvalue weighted by Crippen LogP contribution is 2.62. The second kappa shape index (κ2) is 8.56. The molecule has 4 N–H and O–H groups in total. The van der Waals surface area contributed by atoms with Crippen molar-refractivity contribution < 1.29 is 54.3 Å². The number of nitrogens with two attached hydrogens (primary N) is 1. The van der Waals surface area contributed by atoms with Gasteiger partial charge in [-0.3, -0.25) is 9.36 Å². The zero-order valence-corrected chi connectivity index (χ0v) is 17.9. The summed E-state index contributed by atoms with van der Waals surface area (Å²) in [5.74, 6) is -2.87. The Morgan fingerprint density at radius 3 is 2.31 bits per heavy atom. The fourth-order valence-electron chi connectivity index (χ4n) is 2.42. The van der Waals surface area contributed by atoms with Gasteiger partial charge in [0.25, 0.3) is 0 Å². The molecule has 176 valence electrons. The molecule has 0 spiro atoms. The summed E-state index contributed by atoms with van der Waals surface area (Å²) < 4.78 is 104. The van der Waals surface area contributed by atoms with Gasteiger partial charge in [0.2, 0.25) is 15.7 Å². The molecule has 0 fully saturated rings. The molecule has 0 saturated heterocycles. The van der Waals surface area contributed by atoms with Crippen molar-refractivity contribution in [2.24, 2.45) is 5.73 Å². The highest BCUT2D eigenvalue weighted by Gasteiger charge is 2.53. The summed E-state index contributed by atoms with van der Waals surface area (Å²) in [7, 11) is -11.5. The Kier molecular flexibility index (Phi) is 6.94. The average molecular weight is 522 g/mol. The molecule has 1 aromatic heterocycles. The van der Waals surface area contributed by atoms with Gasteiger partial charge in [0.05, 0.1) is 22.6 Å². The number of amides is 1. The lowest BCUT2D eigenvalue weighted by Gasteiger charge is -2.16. The van der Waals surface area contributed by atoms with E-state index in [1.54, 1.807) is 0 Å². The number of alkyl halides is 5. The molecule has 0 aliphatic carbocycles. The van der Waals surface area contributed by atoms with Crippen LogP contribution in [0.3, 0.4) is 0 Å². The Labute approximate surface area is 180 Å². The van der Waals surface area contributed by atoms with E-state index in [2.05, 4.69) is 0 Å². The van der Waals surface area contributed by atoms with Crippen LogP contribution in [-0.4, -0.2) is 42.0 Å². The Hall–Kier alpha value is -2.31. The van der Waals surface area contributed by atoms with E-state index in [4.69, 9.17) is 20.3 Å². The molecule has 0 saturated carbocycles. The van der Waals surface area contributed by atoms with Crippen LogP contribution >= 0.6 is 18.9 Å². The van der Waals surface area contributed by atoms with Crippen LogP contribution in [-0.2, 0) is 20.1 Å². The number of rotatable bonds is 8. The molecule has 2 aromatic rings. The summed E-state index contributed by atoms with van der Waals surface area (Å²) in [5.41, 5.74) is -6.35. The number of carbonyl (C=O) groups is 1. The highest BCUT2D eigenvalue weighted by molar-refractivity contribution is 7.92. The predicted molar refractivity (Wildman–Crippen MR) is 101 cm³/mol. The van der Waals surface area contributed by atoms with Gasteiger partial charge in [-0.05, 0) is 18.6 Å². The van der Waals surface area contributed by atoms with E-state index in [0.717, 1.165) is 12.1 Å². The fraction of sp³-hybridized carbons (Fsp3) is 0.333. The quantitative estimate of drug-likeness (QED) is 0.270. The molecule has 0 radical (unpaired) electrons. The first kappa shape index (κ1) is 25.9. The van der Waals surface area contributed by atoms with Gasteiger partial charge in [-0.2, -0.15) is 27.2 Å². The largest absolute Gasteiger partial charge is 0.497 e. The van der Waals surface area contributed by atoms with E-state index in [1.807, 2.05) is 0 Å². The SMILES string of the molecule is N#Cc1c(C(F)(F)P(=O)(O)O)sc2c(OCCCS(=O)(=O)C(F)(F)F)cc(C(N)=O)cc12. The molecular formula is C15H12F5N2O7PS2. The molecule has 1 amide bonds. The van der Waals surface area contributed by atoms with Crippen molar-refractivity contribution >= 4 is 44.8 Å². The molecule has 0 bridgehead atoms. The first-order valence-electron chi connectivity index (χ1n) is 8.10. The third kappa shape index (κ3) is 4.86. The van der Waals surface area contributed by atoms with Crippen molar-refractivity contribution in [3.05, 3.63) is 28.1 Å². The van der Waals surface area contributed by atoms with E-state index < -0.39 is 69.5 Å². The molecule has 0 unspecified atom stereocenters. The van der Waals surface area contributed by atoms with Crippen LogP contribution in [0.25, 0.3) is 10.1 Å². The van der Waals surface area contributed by atoms with Gasteiger partial charge >= 0.3 is 18.8 Å². The van der Waals surface area contributed by atoms with E-state index >= 15 is 0 Å². The van der Waals surface area contributed by atoms with Gasteiger partial charge in [0.15, 0.2) is 0 Å². The minimum absolute atomic E-state index is 0.0571. The maximum atomic E-state index is 14.3. The van der Waals surface area contributed by atoms with Gasteiger partial charge in [-0.1, -0.05) is 0 Å². The fourth-order valence-corrected chi connectivity index (χ4v) is 5.09. The molecule has 0 atom stereocenters. The summed E-state index contributed by atoms with van der Waals surface area (Å²) in [5, 5.41) is 8.91. The number of hydrogen-bond donors (Lipinski definition) is 3. The molecule has 1 heterocycles. The Morgan fingerprint density at radius 2 is 1.84 bits per heavy atom. The average Bonchev–Trinajstić information content (AvgIpc) is 3.02. The number of thiophene rings is 1. The van der Waals surface area contributed by atoms with Crippen molar-refractivity contribution in [1.29, 1.82) is 5.26 Å². The molecule has 2 rings (SSSR count). The van der Waals surface area contributed by atoms with Crippen LogP contribution in [0.2, 0.25) is 0 Å². The van der Waals surface area contributed by atoms with Gasteiger partial charge < -0.3 is 20.3 Å². The molecule has 0 aliphatic rings. The summed E-state index contributed by atoms with van der Waals surface area (Å²) >= 11 is 0.0571. The number of primary amides is 1. The number of ether oxygens (including phenoxy) is 1. The van der Waals surface area contributed by atoms with E-state index in [9.17, 15) is 45.0 Å². The lowest BCUT2D eigenvalue weighted by atomic mass is 10.1. The highest BCUT2D eigenvalue weighted by atomic mass is 32.2. The van der Waals surface area contributed by atoms with Crippen LogP contribution in [0.4, 0.5) is 22.0 Å². The minimum Gasteiger partial charge on any atom is -0.492 e. The second-order valence-electron chi connectivity index (χ2n) is 6.19. The number of nitriles is 1. The van der Waals surface area contributed by atoms with E-state index in [0.29, 0.717) is 0 Å². The van der Waals surface area contributed by atoms with Gasteiger partial charge in [-0.15, -0.1) is 11.3 Å². The van der Waals surface area contributed by atoms with Crippen molar-refractivity contribution in [2.45, 2.75) is 17.6 Å². The van der Waals surface area contributed by atoms with Crippen molar-refractivity contribution in [3.63, 3.8) is 0 Å². The zero-order chi connectivity index (χ0) is 24.7. The maximum Gasteiger partial charge on any atom is 0.497 e. The second-order valence-corrected chi connectivity index (χ2v) is 11.0. The summed E-state index contributed by atoms with van der Waals surface area (Å²) in [6.45, 7) is -0.670. The standard InChI is InChI=1S/C15H12F5N2O7PS2/c16-14(17,30(24,25)26)12-9(6-21)8-4-7(13(22)23)5-10(11(8)31-12)29-2-1-3-32(27,28)15(18,19)20/h4-5H,1-3H2,(H2,22,23)(H2,24,25,26). The minimum atomic E-state index is -6.07. The molecule has 9 nitrogen and oxygen atoms in total. The Morgan fingerprint density at radius 1 is 1.25 bits per heavy atom. The van der Waals surface area contributed by atoms with Gasteiger partial charge in [-0.25, -0.2) is 8.42 Å². The van der Waals surface area contributed by atoms with E-state index in [1.165, 1.54) is 6.07 Å². The number of carbonyl (C=O) groups excluding carboxylic acids is 1. The molecule has 0 aliphatic heterocycles. The third-order valence-corrected chi connectivity index (χ3v) is 7.89. The lowest BCUT2D eigenvalue weighted by molar-refractivity contribution is -0.0436. The first-order valence-corrected chi connectivity index (χ1v) is 12.2. The van der Waals surface area contributed by atoms with Crippen LogP contribution < -0.4 is 10.5 Å². The monoisotopic (exact) mass is 522 g/mol. The number of nitrogens with zero attached hydrogens (tertiary/aromatic N) is 1. The molecule has 32 heavy (non-hydrogen) atoms. The number of halogens is 5. The molecule has 17 heteroatoms. The summed E-state index contributed by atoms with van der Waals surface area (Å²) in [6, 6.07) is 3.20. The number of fused-ring (bicyclic) bond motifs is 1. The smallest absolute Gasteiger partial charge is 0.492 e. The normalized spacial score (nSPS) is 13.2. The zero-order valence-electron chi connectivity index (χ0n) is 15.4. The number of benzene rings is 1. The summed E-state index contributed by atoms with van der Waals surface area (Å²) in [6.07, 6.45) is -0.674. The van der Waals surface area contributed by atoms with Gasteiger partial charge in [0.1, 0.15) is 16.7 Å². The molecule has 1 aromatic carbocycles. The Balaban J connectivity index is 2.53. The number of hydrogen-bond acceptors (Lipinski definition) is 7. The maximum absolute atomic E-state index is 14.3. The van der Waals surface area contributed by atoms with Crippen LogP contribution in [0.15, 0.2) is 12.1 Å². The number of sulfone groups is 1. The van der Waals surface area contributed by atoms with Crippen molar-refractivity contribution in [3.8, 4) is 11.8 Å². The van der Waals surface area contributed by atoms with Crippen molar-refractivity contribution in [2.75, 3.05) is 12.4 Å². The third-order valence-electron chi connectivity index (χ3n) is 3.96. The lowest BCUT2D eigenvalue weighted by Crippen LogP contribution is -2.26. The first-order chi connectivity index (χ1) is 14.4. The predicted octanol–water partition coefficient (Wildman–Crippen LogP) is 2.80. The Bertz CT molecular complexity index is 1260. The summed E-state index contributed by atoms with van der Waals surface area (Å²) in [4.78, 5) is 28.2. The topological polar surface area (TPSA) is 168 Å². The van der Waals surface area contributed by atoms with Crippen molar-refractivity contribution in [1.82, 2.24) is 0 Å².